The third-order valence-corrected chi connectivity index (χ3v) is 7.03. The molecule has 2 fully saturated rings. The van der Waals surface area contributed by atoms with E-state index in [-0.39, 0.29) is 24.0 Å². The predicted octanol–water partition coefficient (Wildman–Crippen LogP) is 4.47. The molecule has 6 rings (SSSR count). The van der Waals surface area contributed by atoms with E-state index in [0.29, 0.717) is 17.2 Å². The highest BCUT2D eigenvalue weighted by Crippen LogP contribution is 2.45. The zero-order valence-electron chi connectivity index (χ0n) is 20.1. The minimum Gasteiger partial charge on any atom is -0.464 e. The van der Waals surface area contributed by atoms with Crippen LogP contribution in [-0.2, 0) is 25.4 Å². The summed E-state index contributed by atoms with van der Waals surface area (Å²) in [6.07, 6.45) is 3.67. The molecule has 0 unspecified atom stereocenters. The van der Waals surface area contributed by atoms with Crippen LogP contribution in [0.15, 0.2) is 48.9 Å². The summed E-state index contributed by atoms with van der Waals surface area (Å²) in [5.41, 5.74) is 2.81. The Morgan fingerprint density at radius 2 is 1.94 bits per heavy atom. The molecule has 2 aliphatic rings. The van der Waals surface area contributed by atoms with Crippen LogP contribution in [0.25, 0.3) is 21.9 Å². The van der Waals surface area contributed by atoms with Crippen LogP contribution in [0.2, 0.25) is 5.15 Å². The molecule has 0 amide bonds. The van der Waals surface area contributed by atoms with E-state index in [9.17, 15) is 4.79 Å². The first-order chi connectivity index (χ1) is 17.3. The van der Waals surface area contributed by atoms with Crippen molar-refractivity contribution in [2.75, 3.05) is 7.11 Å². The lowest BCUT2D eigenvalue weighted by atomic mass is 10.0. The second-order valence-electron chi connectivity index (χ2n) is 9.51. The maximum absolute atomic E-state index is 11.9. The molecule has 1 aromatic carbocycles. The van der Waals surface area contributed by atoms with Crippen LogP contribution in [0.4, 0.5) is 0 Å². The van der Waals surface area contributed by atoms with Crippen LogP contribution < -0.4 is 0 Å². The van der Waals surface area contributed by atoms with Crippen LogP contribution in [0.3, 0.4) is 0 Å². The predicted molar refractivity (Wildman–Crippen MR) is 132 cm³/mol. The van der Waals surface area contributed by atoms with Crippen LogP contribution in [-0.4, -0.2) is 56.7 Å². The number of aromatic nitrogens is 4. The van der Waals surface area contributed by atoms with Gasteiger partial charge in [0.05, 0.1) is 24.1 Å². The molecular weight excluding hydrogens is 484 g/mol. The van der Waals surface area contributed by atoms with Gasteiger partial charge in [0.2, 0.25) is 0 Å². The molecule has 0 saturated carbocycles. The number of ether oxygens (including phenoxy) is 4. The van der Waals surface area contributed by atoms with E-state index < -0.39 is 18.0 Å². The van der Waals surface area contributed by atoms with Crippen molar-refractivity contribution < 1.29 is 23.7 Å². The monoisotopic (exact) mass is 508 g/mol. The van der Waals surface area contributed by atoms with E-state index in [0.717, 1.165) is 28.3 Å². The van der Waals surface area contributed by atoms with Gasteiger partial charge in [0.25, 0.3) is 0 Å². The first kappa shape index (κ1) is 23.3. The SMILES string of the molecule is COC(=O)c1ccc2ccc(CC[C@H]3O[C@@H](n4ccc5c(Cl)ncnc54)[C@@H]4OC(C)(C)O[C@@H]43)cc2n1. The number of hydrogen-bond acceptors (Lipinski definition) is 8. The largest absolute Gasteiger partial charge is 0.464 e. The molecule has 0 aliphatic carbocycles. The summed E-state index contributed by atoms with van der Waals surface area (Å²) < 4.78 is 25.8. The third-order valence-electron chi connectivity index (χ3n) is 6.73. The Labute approximate surface area is 212 Å². The van der Waals surface area contributed by atoms with Crippen molar-refractivity contribution in [1.29, 1.82) is 0 Å². The lowest BCUT2D eigenvalue weighted by molar-refractivity contribution is -0.196. The highest BCUT2D eigenvalue weighted by Gasteiger charge is 2.55. The van der Waals surface area contributed by atoms with Crippen molar-refractivity contribution in [3.05, 3.63) is 65.3 Å². The van der Waals surface area contributed by atoms with Crippen LogP contribution >= 0.6 is 11.6 Å². The molecule has 4 atom stereocenters. The van der Waals surface area contributed by atoms with Crippen molar-refractivity contribution in [2.45, 2.75) is 57.0 Å². The van der Waals surface area contributed by atoms with Gasteiger partial charge in [0, 0.05) is 11.6 Å². The number of nitrogens with zero attached hydrogens (tertiary/aromatic N) is 4. The van der Waals surface area contributed by atoms with Gasteiger partial charge in [-0.3, -0.25) is 0 Å². The highest BCUT2D eigenvalue weighted by molar-refractivity contribution is 6.33. The van der Waals surface area contributed by atoms with E-state index in [4.69, 9.17) is 30.5 Å². The van der Waals surface area contributed by atoms with Crippen LogP contribution in [0.1, 0.15) is 42.5 Å². The van der Waals surface area contributed by atoms with E-state index in [1.54, 1.807) is 6.07 Å². The minimum atomic E-state index is -0.720. The van der Waals surface area contributed by atoms with Gasteiger partial charge in [-0.25, -0.2) is 19.7 Å². The maximum atomic E-state index is 11.9. The lowest BCUT2D eigenvalue weighted by Crippen LogP contribution is -2.29. The fourth-order valence-corrected chi connectivity index (χ4v) is 5.30. The van der Waals surface area contributed by atoms with E-state index in [2.05, 4.69) is 21.0 Å². The van der Waals surface area contributed by atoms with E-state index in [1.165, 1.54) is 13.4 Å². The molecule has 36 heavy (non-hydrogen) atoms. The number of halogens is 1. The highest BCUT2D eigenvalue weighted by atomic mass is 35.5. The van der Waals surface area contributed by atoms with Gasteiger partial charge < -0.3 is 23.5 Å². The summed E-state index contributed by atoms with van der Waals surface area (Å²) in [7, 11) is 1.35. The molecule has 9 nitrogen and oxygen atoms in total. The number of aryl methyl sites for hydroxylation is 1. The number of esters is 1. The minimum absolute atomic E-state index is 0.193. The van der Waals surface area contributed by atoms with Gasteiger partial charge >= 0.3 is 5.97 Å². The first-order valence-electron chi connectivity index (χ1n) is 11.8. The van der Waals surface area contributed by atoms with Gasteiger partial charge in [-0.05, 0) is 50.5 Å². The zero-order valence-corrected chi connectivity index (χ0v) is 20.8. The van der Waals surface area contributed by atoms with Crippen molar-refractivity contribution in [3.8, 4) is 0 Å². The number of carbonyl (C=O) groups is 1. The van der Waals surface area contributed by atoms with E-state index in [1.807, 2.05) is 48.9 Å². The molecule has 0 N–H and O–H groups in total. The van der Waals surface area contributed by atoms with Crippen LogP contribution in [0, 0.1) is 0 Å². The van der Waals surface area contributed by atoms with Crippen molar-refractivity contribution in [2.24, 2.45) is 0 Å². The van der Waals surface area contributed by atoms with Gasteiger partial charge in [0.15, 0.2) is 12.0 Å². The number of fused-ring (bicyclic) bond motifs is 3. The first-order valence-corrected chi connectivity index (χ1v) is 12.2. The molecule has 2 aliphatic heterocycles. The van der Waals surface area contributed by atoms with Crippen LogP contribution in [0.5, 0.6) is 0 Å². The smallest absolute Gasteiger partial charge is 0.356 e. The van der Waals surface area contributed by atoms with Crippen molar-refractivity contribution in [3.63, 3.8) is 0 Å². The van der Waals surface area contributed by atoms with Gasteiger partial charge in [0.1, 0.15) is 35.0 Å². The summed E-state index contributed by atoms with van der Waals surface area (Å²) in [5.74, 6) is -1.17. The Bertz CT molecular complexity index is 1470. The molecule has 0 radical (unpaired) electrons. The molecule has 186 valence electrons. The standard InChI is InChI=1S/C26H25ClN4O5/c1-26(2)35-20-19(9-5-14-4-6-15-7-8-17(25(32)33-3)30-18(15)12-14)34-24(21(20)36-26)31-11-10-16-22(27)28-13-29-23(16)31/h4,6-8,10-13,19-21,24H,5,9H2,1-3H3/t19-,20-,21-,24-/m1/s1. The number of benzene rings is 1. The topological polar surface area (TPSA) is 97.6 Å². The third kappa shape index (κ3) is 4.02. The Hall–Kier alpha value is -3.11. The molecule has 2 saturated heterocycles. The number of rotatable bonds is 5. The quantitative estimate of drug-likeness (QED) is 0.288. The molecule has 4 aromatic rings. The van der Waals surface area contributed by atoms with Crippen molar-refractivity contribution in [1.82, 2.24) is 19.5 Å². The molecule has 3 aromatic heterocycles. The summed E-state index contributed by atoms with van der Waals surface area (Å²) in [6, 6.07) is 11.5. The molecule has 0 bridgehead atoms. The normalized spacial score (nSPS) is 24.9. The number of pyridine rings is 1. The second kappa shape index (κ2) is 8.77. The Balaban J connectivity index is 1.25. The number of hydrogen-bond donors (Lipinski definition) is 0. The second-order valence-corrected chi connectivity index (χ2v) is 9.87. The average Bonchev–Trinajstić information content (AvgIpc) is 3.53. The number of methoxy groups -OCH3 is 1. The Kier molecular flexibility index (Phi) is 5.68. The summed E-state index contributed by atoms with van der Waals surface area (Å²) >= 11 is 6.26. The maximum Gasteiger partial charge on any atom is 0.356 e. The average molecular weight is 509 g/mol. The molecule has 10 heteroatoms. The van der Waals surface area contributed by atoms with Gasteiger partial charge in [-0.1, -0.05) is 29.8 Å². The molecule has 5 heterocycles. The summed E-state index contributed by atoms with van der Waals surface area (Å²) in [6.45, 7) is 3.83. The van der Waals surface area contributed by atoms with Gasteiger partial charge in [-0.2, -0.15) is 0 Å². The van der Waals surface area contributed by atoms with E-state index >= 15 is 0 Å². The Morgan fingerprint density at radius 3 is 2.78 bits per heavy atom. The lowest BCUT2D eigenvalue weighted by Gasteiger charge is -2.25. The fourth-order valence-electron chi connectivity index (χ4n) is 5.11. The van der Waals surface area contributed by atoms with Gasteiger partial charge in [-0.15, -0.1) is 0 Å². The molecular formula is C26H25ClN4O5. The summed E-state index contributed by atoms with van der Waals surface area (Å²) in [4.78, 5) is 24.8. The molecule has 0 spiro atoms. The fraction of sp³-hybridized carbons (Fsp3) is 0.385. The Morgan fingerprint density at radius 1 is 1.14 bits per heavy atom. The zero-order chi connectivity index (χ0) is 25.0. The number of carbonyl (C=O) groups excluding carboxylic acids is 1. The summed E-state index contributed by atoms with van der Waals surface area (Å²) in [5, 5.41) is 2.11. The van der Waals surface area contributed by atoms with Crippen molar-refractivity contribution >= 4 is 39.5 Å².